The lowest BCUT2D eigenvalue weighted by Crippen LogP contribution is -2.34. The van der Waals surface area contributed by atoms with E-state index in [1.807, 2.05) is 0 Å². The summed E-state index contributed by atoms with van der Waals surface area (Å²) in [5.74, 6) is 0.101. The van der Waals surface area contributed by atoms with Crippen LogP contribution in [0.25, 0.3) is 0 Å². The zero-order valence-electron chi connectivity index (χ0n) is 7.78. The predicted octanol–water partition coefficient (Wildman–Crippen LogP) is -1.92. The summed E-state index contributed by atoms with van der Waals surface area (Å²) >= 11 is 0. The topological polar surface area (TPSA) is 111 Å². The smallest absolute Gasteiger partial charge is 0.351 e. The van der Waals surface area contributed by atoms with Gasteiger partial charge in [0, 0.05) is 6.20 Å². The van der Waals surface area contributed by atoms with Gasteiger partial charge in [-0.3, -0.25) is 4.57 Å². The summed E-state index contributed by atoms with van der Waals surface area (Å²) in [5.41, 5.74) is 4.69. The Labute approximate surface area is 84.7 Å². The van der Waals surface area contributed by atoms with E-state index in [0.29, 0.717) is 0 Å². The molecule has 1 saturated heterocycles. The molecule has 0 aromatic carbocycles. The van der Waals surface area contributed by atoms with Crippen molar-refractivity contribution in [1.29, 1.82) is 0 Å². The van der Waals surface area contributed by atoms with E-state index >= 15 is 0 Å². The highest BCUT2D eigenvalue weighted by atomic mass is 16.5. The van der Waals surface area contributed by atoms with E-state index in [1.165, 1.54) is 12.3 Å². The Kier molecular flexibility index (Phi) is 2.43. The van der Waals surface area contributed by atoms with Crippen LogP contribution < -0.4 is 11.4 Å². The van der Waals surface area contributed by atoms with Gasteiger partial charge in [0.05, 0.1) is 6.61 Å². The van der Waals surface area contributed by atoms with Crippen LogP contribution in [0.15, 0.2) is 17.1 Å². The van der Waals surface area contributed by atoms with E-state index in [0.717, 1.165) is 4.57 Å². The van der Waals surface area contributed by atoms with Gasteiger partial charge >= 0.3 is 5.69 Å². The molecular formula is C8H11N3O4. The third-order valence-corrected chi connectivity index (χ3v) is 2.25. The summed E-state index contributed by atoms with van der Waals surface area (Å²) in [6, 6.07) is 1.42. The monoisotopic (exact) mass is 213 g/mol. The molecule has 1 aromatic heterocycles. The largest absolute Gasteiger partial charge is 0.388 e. The summed E-state index contributed by atoms with van der Waals surface area (Å²) < 4.78 is 6.16. The van der Waals surface area contributed by atoms with Gasteiger partial charge in [0.2, 0.25) is 0 Å². The van der Waals surface area contributed by atoms with Crippen LogP contribution in [-0.2, 0) is 4.74 Å². The van der Waals surface area contributed by atoms with Gasteiger partial charge in [-0.15, -0.1) is 0 Å². The lowest BCUT2D eigenvalue weighted by Gasteiger charge is -2.16. The Hall–Kier alpha value is -1.44. The quantitative estimate of drug-likeness (QED) is 0.501. The van der Waals surface area contributed by atoms with Crippen LogP contribution in [0.4, 0.5) is 5.82 Å². The normalized spacial score (nSPS) is 30.7. The first-order valence-corrected chi connectivity index (χ1v) is 4.42. The van der Waals surface area contributed by atoms with Crippen LogP contribution >= 0.6 is 0 Å². The molecule has 1 aliphatic heterocycles. The molecule has 7 heteroatoms. The van der Waals surface area contributed by atoms with Crippen molar-refractivity contribution in [3.05, 3.63) is 22.7 Å². The summed E-state index contributed by atoms with van der Waals surface area (Å²) in [6.07, 6.45) is -1.65. The zero-order valence-corrected chi connectivity index (χ0v) is 7.78. The molecule has 7 nitrogen and oxygen atoms in total. The number of nitrogens with zero attached hydrogens (tertiary/aromatic N) is 2. The maximum absolute atomic E-state index is 11.4. The molecule has 3 atom stereocenters. The molecule has 0 bridgehead atoms. The molecule has 4 N–H and O–H groups in total. The van der Waals surface area contributed by atoms with E-state index in [-0.39, 0.29) is 12.4 Å². The van der Waals surface area contributed by atoms with Crippen LogP contribution in [0.1, 0.15) is 6.23 Å². The number of ether oxygens (including phenoxy) is 1. The molecule has 3 unspecified atom stereocenters. The first-order chi connectivity index (χ1) is 7.09. The molecule has 0 radical (unpaired) electrons. The van der Waals surface area contributed by atoms with E-state index in [4.69, 9.17) is 10.5 Å². The number of nitrogen functional groups attached to an aromatic ring is 1. The Morgan fingerprint density at radius 2 is 2.33 bits per heavy atom. The number of rotatable bonds is 1. The van der Waals surface area contributed by atoms with E-state index < -0.39 is 24.1 Å². The van der Waals surface area contributed by atoms with Crippen molar-refractivity contribution in [2.75, 3.05) is 12.3 Å². The molecule has 0 aliphatic carbocycles. The fourth-order valence-corrected chi connectivity index (χ4v) is 1.45. The number of aliphatic hydroxyl groups is 2. The van der Waals surface area contributed by atoms with Crippen LogP contribution in [-0.4, -0.2) is 38.6 Å². The van der Waals surface area contributed by atoms with E-state index in [2.05, 4.69) is 4.98 Å². The third kappa shape index (κ3) is 1.72. The van der Waals surface area contributed by atoms with Gasteiger partial charge in [0.1, 0.15) is 18.0 Å². The fourth-order valence-electron chi connectivity index (χ4n) is 1.45. The fraction of sp³-hybridized carbons (Fsp3) is 0.500. The molecular weight excluding hydrogens is 202 g/mol. The highest BCUT2D eigenvalue weighted by Gasteiger charge is 2.36. The highest BCUT2D eigenvalue weighted by molar-refractivity contribution is 5.23. The van der Waals surface area contributed by atoms with Crippen LogP contribution in [0.3, 0.4) is 0 Å². The maximum atomic E-state index is 11.4. The van der Waals surface area contributed by atoms with Crippen molar-refractivity contribution in [2.45, 2.75) is 18.4 Å². The molecule has 1 aromatic rings. The number of hydrogen-bond acceptors (Lipinski definition) is 6. The van der Waals surface area contributed by atoms with Gasteiger partial charge in [-0.05, 0) is 6.07 Å². The SMILES string of the molecule is Nc1ccn(C2OCC(O)C2O)c(=O)n1. The van der Waals surface area contributed by atoms with Gasteiger partial charge in [-0.2, -0.15) is 4.98 Å². The second kappa shape index (κ2) is 3.61. The van der Waals surface area contributed by atoms with Gasteiger partial charge in [-0.1, -0.05) is 0 Å². The van der Waals surface area contributed by atoms with Crippen LogP contribution in [0, 0.1) is 0 Å². The first kappa shape index (κ1) is 10.1. The minimum atomic E-state index is -1.13. The van der Waals surface area contributed by atoms with Gasteiger partial charge in [-0.25, -0.2) is 4.79 Å². The van der Waals surface area contributed by atoms with Crippen molar-refractivity contribution >= 4 is 5.82 Å². The molecule has 1 aliphatic rings. The second-order valence-electron chi connectivity index (χ2n) is 3.32. The molecule has 15 heavy (non-hydrogen) atoms. The number of hydrogen-bond donors (Lipinski definition) is 3. The predicted molar refractivity (Wildman–Crippen MR) is 49.9 cm³/mol. The van der Waals surface area contributed by atoms with Crippen molar-refractivity contribution in [3.8, 4) is 0 Å². The zero-order chi connectivity index (χ0) is 11.0. The summed E-state index contributed by atoms with van der Waals surface area (Å²) in [6.45, 7) is -0.0113. The summed E-state index contributed by atoms with van der Waals surface area (Å²) in [7, 11) is 0. The van der Waals surface area contributed by atoms with Crippen molar-refractivity contribution < 1.29 is 14.9 Å². The highest BCUT2D eigenvalue weighted by Crippen LogP contribution is 2.22. The van der Waals surface area contributed by atoms with E-state index in [1.54, 1.807) is 0 Å². The maximum Gasteiger partial charge on any atom is 0.351 e. The minimum Gasteiger partial charge on any atom is -0.388 e. The van der Waals surface area contributed by atoms with Crippen LogP contribution in [0.2, 0.25) is 0 Å². The number of anilines is 1. The van der Waals surface area contributed by atoms with Crippen molar-refractivity contribution in [2.24, 2.45) is 0 Å². The van der Waals surface area contributed by atoms with Gasteiger partial charge < -0.3 is 20.7 Å². The molecule has 0 saturated carbocycles. The Bertz CT molecular complexity index is 419. The summed E-state index contributed by atoms with van der Waals surface area (Å²) in [4.78, 5) is 14.9. The number of aliphatic hydroxyl groups excluding tert-OH is 2. The molecule has 1 fully saturated rings. The second-order valence-corrected chi connectivity index (χ2v) is 3.32. The molecule has 82 valence electrons. The van der Waals surface area contributed by atoms with E-state index in [9.17, 15) is 15.0 Å². The Balaban J connectivity index is 2.34. The Morgan fingerprint density at radius 1 is 1.60 bits per heavy atom. The van der Waals surface area contributed by atoms with Crippen molar-refractivity contribution in [3.63, 3.8) is 0 Å². The third-order valence-electron chi connectivity index (χ3n) is 2.25. The van der Waals surface area contributed by atoms with Crippen molar-refractivity contribution in [1.82, 2.24) is 9.55 Å². The Morgan fingerprint density at radius 3 is 2.87 bits per heavy atom. The lowest BCUT2D eigenvalue weighted by molar-refractivity contribution is -0.0211. The lowest BCUT2D eigenvalue weighted by atomic mass is 10.2. The standard InChI is InChI=1S/C8H11N3O4/c9-5-1-2-11(8(14)10-5)7-6(13)4(12)3-15-7/h1-2,4,6-7,12-13H,3H2,(H2,9,10,14). The first-order valence-electron chi connectivity index (χ1n) is 4.42. The number of nitrogens with two attached hydrogens (primary N) is 1. The molecule has 2 rings (SSSR count). The molecule has 0 spiro atoms. The van der Waals surface area contributed by atoms with Gasteiger partial charge in [0.25, 0.3) is 0 Å². The summed E-state index contributed by atoms with van der Waals surface area (Å²) in [5, 5.41) is 18.8. The van der Waals surface area contributed by atoms with Gasteiger partial charge in [0.15, 0.2) is 6.23 Å². The molecule has 0 amide bonds. The minimum absolute atomic E-state index is 0.0113. The molecule has 2 heterocycles. The number of aromatic nitrogens is 2. The van der Waals surface area contributed by atoms with Crippen LogP contribution in [0.5, 0.6) is 0 Å². The average molecular weight is 213 g/mol. The average Bonchev–Trinajstić information content (AvgIpc) is 2.49.